The van der Waals surface area contributed by atoms with Gasteiger partial charge in [0, 0.05) is 6.07 Å². The van der Waals surface area contributed by atoms with Crippen molar-refractivity contribution in [3.63, 3.8) is 0 Å². The first kappa shape index (κ1) is 15.9. The molecule has 0 radical (unpaired) electrons. The molecular weight excluding hydrogens is 296 g/mol. The summed E-state index contributed by atoms with van der Waals surface area (Å²) in [7, 11) is -3.69. The molecule has 0 bridgehead atoms. The molecule has 1 aromatic carbocycles. The molecule has 21 heavy (non-hydrogen) atoms. The number of morpholine rings is 1. The van der Waals surface area contributed by atoms with Crippen molar-refractivity contribution >= 4 is 15.5 Å². The molecule has 1 aliphatic rings. The summed E-state index contributed by atoms with van der Waals surface area (Å²) < 4.78 is 30.2. The van der Waals surface area contributed by atoms with Crippen molar-refractivity contribution in [2.45, 2.75) is 17.9 Å². The first-order chi connectivity index (χ1) is 9.92. The van der Waals surface area contributed by atoms with E-state index in [1.165, 1.54) is 24.3 Å². The van der Waals surface area contributed by atoms with Gasteiger partial charge < -0.3 is 9.64 Å². The Morgan fingerprint density at radius 2 is 1.95 bits per heavy atom. The lowest BCUT2D eigenvalue weighted by Crippen LogP contribution is -3.17. The van der Waals surface area contributed by atoms with E-state index in [1.807, 2.05) is 6.92 Å². The van der Waals surface area contributed by atoms with Crippen LogP contribution in [-0.4, -0.2) is 51.4 Å². The molecule has 2 rings (SSSR count). The van der Waals surface area contributed by atoms with Crippen LogP contribution >= 0.6 is 0 Å². The van der Waals surface area contributed by atoms with Crippen molar-refractivity contribution in [2.24, 2.45) is 0 Å². The van der Waals surface area contributed by atoms with E-state index in [1.54, 1.807) is 0 Å². The minimum absolute atomic E-state index is 0.104. The van der Waals surface area contributed by atoms with Gasteiger partial charge in [-0.15, -0.1) is 0 Å². The highest BCUT2D eigenvalue weighted by Crippen LogP contribution is 2.24. The summed E-state index contributed by atoms with van der Waals surface area (Å²) in [6.07, 6.45) is 0. The third-order valence-electron chi connectivity index (χ3n) is 3.70. The van der Waals surface area contributed by atoms with E-state index in [-0.39, 0.29) is 22.4 Å². The molecule has 1 saturated heterocycles. The third kappa shape index (κ3) is 3.78. The summed E-state index contributed by atoms with van der Waals surface area (Å²) in [4.78, 5) is 11.3. The third-order valence-corrected chi connectivity index (χ3v) is 5.65. The number of ether oxygens (including phenoxy) is 1. The fourth-order valence-corrected chi connectivity index (χ4v) is 4.35. The van der Waals surface area contributed by atoms with Crippen molar-refractivity contribution < 1.29 is 23.0 Å². The van der Waals surface area contributed by atoms with Crippen LogP contribution in [0.1, 0.15) is 6.92 Å². The van der Waals surface area contributed by atoms with Gasteiger partial charge in [-0.3, -0.25) is 10.1 Å². The number of rotatable bonds is 5. The summed E-state index contributed by atoms with van der Waals surface area (Å²) in [5.41, 5.74) is -0.360. The van der Waals surface area contributed by atoms with Gasteiger partial charge in [0.05, 0.1) is 24.2 Å². The Labute approximate surface area is 123 Å². The van der Waals surface area contributed by atoms with Gasteiger partial charge in [-0.1, -0.05) is 12.1 Å². The van der Waals surface area contributed by atoms with E-state index in [2.05, 4.69) is 0 Å². The van der Waals surface area contributed by atoms with E-state index in [9.17, 15) is 18.5 Å². The van der Waals surface area contributed by atoms with Gasteiger partial charge in [0.25, 0.3) is 5.69 Å². The molecule has 7 nitrogen and oxygen atoms in total. The fourth-order valence-electron chi connectivity index (χ4n) is 2.53. The molecule has 8 heteroatoms. The zero-order valence-electron chi connectivity index (χ0n) is 11.8. The number of para-hydroxylation sites is 1. The number of hydrogen-bond acceptors (Lipinski definition) is 5. The van der Waals surface area contributed by atoms with E-state index >= 15 is 0 Å². The number of benzene rings is 1. The molecule has 0 amide bonds. The highest BCUT2D eigenvalue weighted by molar-refractivity contribution is 7.91. The highest BCUT2D eigenvalue weighted by Gasteiger charge is 2.31. The van der Waals surface area contributed by atoms with Crippen LogP contribution in [0.4, 0.5) is 5.69 Å². The number of nitro groups is 1. The molecule has 1 N–H and O–H groups in total. The normalized spacial score (nSPS) is 18.3. The molecule has 0 spiro atoms. The number of quaternary nitrogens is 1. The molecule has 1 heterocycles. The zero-order valence-corrected chi connectivity index (χ0v) is 12.6. The molecule has 0 aliphatic carbocycles. The largest absolute Gasteiger partial charge is 0.370 e. The summed E-state index contributed by atoms with van der Waals surface area (Å²) in [5, 5.41) is 11.0. The molecule has 0 saturated carbocycles. The number of hydrogen-bond donors (Lipinski definition) is 1. The maximum Gasteiger partial charge on any atom is 0.287 e. The fraction of sp³-hybridized carbons (Fsp3) is 0.538. The smallest absolute Gasteiger partial charge is 0.287 e. The topological polar surface area (TPSA) is 91.0 Å². The SMILES string of the molecule is CC(CS(=O)(=O)c1ccccc1[N+](=O)[O-])[NH+]1CCOCC1. The van der Waals surface area contributed by atoms with Crippen LogP contribution in [-0.2, 0) is 14.6 Å². The minimum Gasteiger partial charge on any atom is -0.370 e. The lowest BCUT2D eigenvalue weighted by Gasteiger charge is -2.29. The predicted octanol–water partition coefficient (Wildman–Crippen LogP) is -0.328. The van der Waals surface area contributed by atoms with Crippen molar-refractivity contribution in [3.05, 3.63) is 34.4 Å². The Hall–Kier alpha value is -1.51. The molecule has 1 atom stereocenters. The first-order valence-corrected chi connectivity index (χ1v) is 8.45. The standard InChI is InChI=1S/C13H18N2O5S/c1-11(14-6-8-20-9-7-14)10-21(18,19)13-5-3-2-4-12(13)15(16)17/h2-5,11H,6-10H2,1H3/p+1. The Balaban J connectivity index is 2.20. The molecule has 1 aliphatic heterocycles. The van der Waals surface area contributed by atoms with Gasteiger partial charge in [-0.2, -0.15) is 0 Å². The van der Waals surface area contributed by atoms with Gasteiger partial charge in [0.2, 0.25) is 0 Å². The van der Waals surface area contributed by atoms with Crippen LogP contribution in [0.15, 0.2) is 29.2 Å². The Morgan fingerprint density at radius 1 is 1.33 bits per heavy atom. The zero-order chi connectivity index (χ0) is 15.5. The van der Waals surface area contributed by atoms with Crippen molar-refractivity contribution in [3.8, 4) is 0 Å². The first-order valence-electron chi connectivity index (χ1n) is 6.80. The van der Waals surface area contributed by atoms with Gasteiger partial charge in [0.1, 0.15) is 23.7 Å². The maximum absolute atomic E-state index is 12.5. The van der Waals surface area contributed by atoms with Crippen LogP contribution in [0.3, 0.4) is 0 Å². The van der Waals surface area contributed by atoms with Crippen molar-refractivity contribution in [2.75, 3.05) is 32.1 Å². The van der Waals surface area contributed by atoms with Crippen molar-refractivity contribution in [1.82, 2.24) is 0 Å². The van der Waals surface area contributed by atoms with Crippen LogP contribution in [0, 0.1) is 10.1 Å². The van der Waals surface area contributed by atoms with E-state index < -0.39 is 14.8 Å². The number of nitrogens with one attached hydrogen (secondary N) is 1. The average molecular weight is 315 g/mol. The summed E-state index contributed by atoms with van der Waals surface area (Å²) in [6.45, 7) is 4.60. The second kappa shape index (κ2) is 6.50. The lowest BCUT2D eigenvalue weighted by atomic mass is 10.3. The molecular formula is C13H19N2O5S+. The lowest BCUT2D eigenvalue weighted by molar-refractivity contribution is -0.928. The monoisotopic (exact) mass is 315 g/mol. The van der Waals surface area contributed by atoms with E-state index in [0.717, 1.165) is 18.0 Å². The average Bonchev–Trinajstić information content (AvgIpc) is 2.47. The molecule has 0 aromatic heterocycles. The number of nitrogens with zero attached hydrogens (tertiary/aromatic N) is 1. The highest BCUT2D eigenvalue weighted by atomic mass is 32.2. The van der Waals surface area contributed by atoms with E-state index in [0.29, 0.717) is 13.2 Å². The van der Waals surface area contributed by atoms with Gasteiger partial charge in [0.15, 0.2) is 9.84 Å². The number of sulfone groups is 1. The second-order valence-corrected chi connectivity index (χ2v) is 7.18. The van der Waals surface area contributed by atoms with E-state index in [4.69, 9.17) is 4.74 Å². The second-order valence-electron chi connectivity index (χ2n) is 5.18. The predicted molar refractivity (Wildman–Crippen MR) is 76.1 cm³/mol. The summed E-state index contributed by atoms with van der Waals surface area (Å²) in [6, 6.07) is 5.37. The summed E-state index contributed by atoms with van der Waals surface area (Å²) >= 11 is 0. The molecule has 1 unspecified atom stereocenters. The van der Waals surface area contributed by atoms with Gasteiger partial charge >= 0.3 is 0 Å². The van der Waals surface area contributed by atoms with Crippen molar-refractivity contribution in [1.29, 1.82) is 0 Å². The van der Waals surface area contributed by atoms with Crippen LogP contribution in [0.5, 0.6) is 0 Å². The maximum atomic E-state index is 12.5. The van der Waals surface area contributed by atoms with Crippen LogP contribution in [0.2, 0.25) is 0 Å². The summed E-state index contributed by atoms with van der Waals surface area (Å²) in [5.74, 6) is -0.104. The Morgan fingerprint density at radius 3 is 2.57 bits per heavy atom. The van der Waals surface area contributed by atoms with Gasteiger partial charge in [-0.05, 0) is 13.0 Å². The quantitative estimate of drug-likeness (QED) is 0.593. The number of nitro benzene ring substituents is 1. The molecule has 116 valence electrons. The Kier molecular flexibility index (Phi) is 4.92. The minimum atomic E-state index is -3.69. The molecule has 1 fully saturated rings. The van der Waals surface area contributed by atoms with Crippen LogP contribution < -0.4 is 4.90 Å². The Bertz CT molecular complexity index is 611. The van der Waals surface area contributed by atoms with Gasteiger partial charge in [-0.25, -0.2) is 8.42 Å². The van der Waals surface area contributed by atoms with Crippen LogP contribution in [0.25, 0.3) is 0 Å². The molecule has 1 aromatic rings.